The zero-order valence-corrected chi connectivity index (χ0v) is 40.1. The van der Waals surface area contributed by atoms with Crippen LogP contribution < -0.4 is 4.90 Å². The Labute approximate surface area is 426 Å². The largest absolute Gasteiger partial charge is 0.309 e. The summed E-state index contributed by atoms with van der Waals surface area (Å²) in [6.45, 7) is 0. The van der Waals surface area contributed by atoms with Crippen molar-refractivity contribution in [2.45, 2.75) is 5.41 Å². The molecule has 0 radical (unpaired) electrons. The molecular formula is C71H48N2. The molecule has 73 heavy (non-hydrogen) atoms. The first-order chi connectivity index (χ1) is 36.3. The maximum absolute atomic E-state index is 2.59. The standard InChI is InChI=1S/C71H48N2/c1-5-25-49(26-6-1)54-39-21-27-50-28-22-40-58(68(50)54)55-35-14-19-46-65(55)73(66-47-20-16-37-57(66)60-42-23-41-59-56-36-15-18-45-64(56)72(70(59)60)53-33-11-4-12-34-53)67-48-24-44-63-69(67)61-38-13-17-43-62(61)71(63,51-29-7-2-8-30-51)52-31-9-3-10-32-52/h1-48H. The minimum absolute atomic E-state index is 0.586. The first-order valence-corrected chi connectivity index (χ1v) is 25.3. The van der Waals surface area contributed by atoms with Crippen molar-refractivity contribution in [1.82, 2.24) is 4.57 Å². The van der Waals surface area contributed by atoms with E-state index in [0.29, 0.717) is 0 Å². The van der Waals surface area contributed by atoms with Gasteiger partial charge >= 0.3 is 0 Å². The van der Waals surface area contributed by atoms with E-state index in [4.69, 9.17) is 0 Å². The average molecular weight is 929 g/mol. The number of fused-ring (bicyclic) bond motifs is 7. The van der Waals surface area contributed by atoms with E-state index in [-0.39, 0.29) is 0 Å². The third-order valence-corrected chi connectivity index (χ3v) is 15.3. The molecule has 0 saturated carbocycles. The van der Waals surface area contributed by atoms with Crippen LogP contribution in [0.5, 0.6) is 0 Å². The minimum atomic E-state index is -0.586. The molecule has 1 aromatic heterocycles. The van der Waals surface area contributed by atoms with Crippen molar-refractivity contribution in [3.05, 3.63) is 313 Å². The molecule has 0 atom stereocenters. The molecule has 2 nitrogen and oxygen atoms in total. The van der Waals surface area contributed by atoms with Crippen LogP contribution in [0.1, 0.15) is 22.3 Å². The number of anilines is 3. The molecule has 14 rings (SSSR count). The Morgan fingerprint density at radius 3 is 1.47 bits per heavy atom. The summed E-state index contributed by atoms with van der Waals surface area (Å²) in [4.78, 5) is 2.59. The molecule has 2 heteroatoms. The summed E-state index contributed by atoms with van der Waals surface area (Å²) in [6, 6.07) is 107. The van der Waals surface area contributed by atoms with Crippen LogP contribution in [0.4, 0.5) is 17.1 Å². The topological polar surface area (TPSA) is 8.17 Å². The first-order valence-electron chi connectivity index (χ1n) is 25.3. The lowest BCUT2D eigenvalue weighted by Crippen LogP contribution is -2.28. The highest BCUT2D eigenvalue weighted by molar-refractivity contribution is 6.16. The maximum Gasteiger partial charge on any atom is 0.0714 e. The molecule has 0 fully saturated rings. The molecule has 0 unspecified atom stereocenters. The van der Waals surface area contributed by atoms with Crippen LogP contribution in [0.15, 0.2) is 291 Å². The molecule has 12 aromatic carbocycles. The lowest BCUT2D eigenvalue weighted by molar-refractivity contribution is 0.768. The van der Waals surface area contributed by atoms with E-state index in [1.807, 2.05) is 0 Å². The van der Waals surface area contributed by atoms with Gasteiger partial charge in [0.1, 0.15) is 0 Å². The molecule has 1 aliphatic rings. The van der Waals surface area contributed by atoms with E-state index >= 15 is 0 Å². The second-order valence-corrected chi connectivity index (χ2v) is 19.1. The molecule has 0 bridgehead atoms. The van der Waals surface area contributed by atoms with Crippen molar-refractivity contribution >= 4 is 49.6 Å². The molecule has 0 spiro atoms. The minimum Gasteiger partial charge on any atom is -0.309 e. The van der Waals surface area contributed by atoms with Gasteiger partial charge in [0.2, 0.25) is 0 Å². The van der Waals surface area contributed by atoms with E-state index in [1.54, 1.807) is 0 Å². The van der Waals surface area contributed by atoms with Crippen molar-refractivity contribution in [2.24, 2.45) is 0 Å². The Bertz CT molecular complexity index is 4150. The number of para-hydroxylation sites is 5. The summed E-state index contributed by atoms with van der Waals surface area (Å²) >= 11 is 0. The van der Waals surface area contributed by atoms with Crippen LogP contribution in [0, 0.1) is 0 Å². The number of rotatable bonds is 9. The number of hydrogen-bond acceptors (Lipinski definition) is 1. The van der Waals surface area contributed by atoms with Gasteiger partial charge in [-0.25, -0.2) is 0 Å². The van der Waals surface area contributed by atoms with Crippen LogP contribution in [-0.2, 0) is 5.41 Å². The summed E-state index contributed by atoms with van der Waals surface area (Å²) in [7, 11) is 0. The average Bonchev–Trinajstić information content (AvgIpc) is 3.98. The van der Waals surface area contributed by atoms with Crippen LogP contribution in [-0.4, -0.2) is 4.57 Å². The van der Waals surface area contributed by atoms with Crippen molar-refractivity contribution in [2.75, 3.05) is 4.90 Å². The normalized spacial score (nSPS) is 12.5. The van der Waals surface area contributed by atoms with E-state index in [1.165, 1.54) is 82.6 Å². The fraction of sp³-hybridized carbons (Fsp3) is 0.0141. The smallest absolute Gasteiger partial charge is 0.0714 e. The number of aromatic nitrogens is 1. The van der Waals surface area contributed by atoms with Crippen molar-refractivity contribution < 1.29 is 0 Å². The highest BCUT2D eigenvalue weighted by atomic mass is 15.2. The summed E-state index contributed by atoms with van der Waals surface area (Å²) in [5, 5.41) is 4.87. The monoisotopic (exact) mass is 928 g/mol. The van der Waals surface area contributed by atoms with E-state index in [2.05, 4.69) is 301 Å². The van der Waals surface area contributed by atoms with Crippen LogP contribution in [0.2, 0.25) is 0 Å². The highest BCUT2D eigenvalue weighted by Gasteiger charge is 2.47. The highest BCUT2D eigenvalue weighted by Crippen LogP contribution is 2.60. The molecule has 0 saturated heterocycles. The van der Waals surface area contributed by atoms with Crippen LogP contribution >= 0.6 is 0 Å². The van der Waals surface area contributed by atoms with E-state index in [0.717, 1.165) is 39.4 Å². The Morgan fingerprint density at radius 1 is 0.301 bits per heavy atom. The molecular weight excluding hydrogens is 881 g/mol. The first kappa shape index (κ1) is 42.4. The van der Waals surface area contributed by atoms with Crippen LogP contribution in [0.25, 0.3) is 82.8 Å². The van der Waals surface area contributed by atoms with Gasteiger partial charge in [-0.2, -0.15) is 0 Å². The van der Waals surface area contributed by atoms with Gasteiger partial charge in [-0.3, -0.25) is 0 Å². The predicted molar refractivity (Wildman–Crippen MR) is 307 cm³/mol. The molecule has 1 heterocycles. The van der Waals surface area contributed by atoms with Gasteiger partial charge in [0, 0.05) is 38.7 Å². The fourth-order valence-corrected chi connectivity index (χ4v) is 12.3. The lowest BCUT2D eigenvalue weighted by atomic mass is 9.68. The van der Waals surface area contributed by atoms with Crippen molar-refractivity contribution in [3.63, 3.8) is 0 Å². The summed E-state index contributed by atoms with van der Waals surface area (Å²) < 4.78 is 2.46. The number of hydrogen-bond donors (Lipinski definition) is 0. The van der Waals surface area contributed by atoms with Gasteiger partial charge in [0.05, 0.1) is 33.5 Å². The molecule has 1 aliphatic carbocycles. The van der Waals surface area contributed by atoms with Gasteiger partial charge in [-0.05, 0) is 91.7 Å². The third kappa shape index (κ3) is 6.58. The molecule has 13 aromatic rings. The zero-order chi connectivity index (χ0) is 48.3. The SMILES string of the molecule is c1ccc(-c2cccc3cccc(-c4ccccc4N(c4ccccc4-c4cccc5c6ccccc6n(-c6ccccc6)c45)c4cccc5c4-c4ccccc4C5(c4ccccc4)c4ccccc4)c23)cc1. The zero-order valence-electron chi connectivity index (χ0n) is 40.1. The number of benzene rings is 12. The Morgan fingerprint density at radius 2 is 0.767 bits per heavy atom. The number of nitrogens with zero attached hydrogens (tertiary/aromatic N) is 2. The van der Waals surface area contributed by atoms with Gasteiger partial charge in [-0.15, -0.1) is 0 Å². The Balaban J connectivity index is 1.11. The second kappa shape index (κ2) is 17.4. The second-order valence-electron chi connectivity index (χ2n) is 19.1. The van der Waals surface area contributed by atoms with E-state index in [9.17, 15) is 0 Å². The lowest BCUT2D eigenvalue weighted by Gasteiger charge is -2.35. The Kier molecular flexibility index (Phi) is 10.1. The van der Waals surface area contributed by atoms with Gasteiger partial charge in [-0.1, -0.05) is 255 Å². The third-order valence-electron chi connectivity index (χ3n) is 15.3. The van der Waals surface area contributed by atoms with Gasteiger partial charge < -0.3 is 9.47 Å². The molecule has 342 valence electrons. The molecule has 0 aliphatic heterocycles. The predicted octanol–water partition coefficient (Wildman–Crippen LogP) is 18.8. The van der Waals surface area contributed by atoms with Crippen molar-refractivity contribution in [1.29, 1.82) is 0 Å². The van der Waals surface area contributed by atoms with Gasteiger partial charge in [0.25, 0.3) is 0 Å². The Hall–Kier alpha value is -9.50. The van der Waals surface area contributed by atoms with Crippen LogP contribution in [0.3, 0.4) is 0 Å². The quantitative estimate of drug-likeness (QED) is 0.140. The summed E-state index contributed by atoms with van der Waals surface area (Å²) in [5.41, 5.74) is 20.6. The fourth-order valence-electron chi connectivity index (χ4n) is 12.3. The van der Waals surface area contributed by atoms with Crippen molar-refractivity contribution in [3.8, 4) is 50.2 Å². The van der Waals surface area contributed by atoms with Gasteiger partial charge in [0.15, 0.2) is 0 Å². The molecule has 0 N–H and O–H groups in total. The maximum atomic E-state index is 2.59. The van der Waals surface area contributed by atoms with E-state index < -0.39 is 5.41 Å². The molecule has 0 amide bonds. The summed E-state index contributed by atoms with van der Waals surface area (Å²) in [6.07, 6.45) is 0. The summed E-state index contributed by atoms with van der Waals surface area (Å²) in [5.74, 6) is 0.